The Labute approximate surface area is 146 Å². The van der Waals surface area contributed by atoms with E-state index in [9.17, 15) is 19.5 Å². The van der Waals surface area contributed by atoms with Crippen LogP contribution in [0.1, 0.15) is 43.2 Å². The zero-order valence-corrected chi connectivity index (χ0v) is 14.4. The summed E-state index contributed by atoms with van der Waals surface area (Å²) in [5.41, 5.74) is 0. The summed E-state index contributed by atoms with van der Waals surface area (Å²) in [5.74, 6) is -1.37. The van der Waals surface area contributed by atoms with E-state index in [1.807, 2.05) is 6.92 Å². The number of rotatable bonds is 3. The first kappa shape index (κ1) is 17.5. The molecule has 0 bridgehead atoms. The third-order valence-corrected chi connectivity index (χ3v) is 5.31. The summed E-state index contributed by atoms with van der Waals surface area (Å²) in [6.45, 7) is 3.26. The van der Waals surface area contributed by atoms with Gasteiger partial charge in [-0.2, -0.15) is 0 Å². The highest BCUT2D eigenvalue weighted by Gasteiger charge is 2.39. The third-order valence-electron chi connectivity index (χ3n) is 5.31. The molecule has 2 amide bonds. The summed E-state index contributed by atoms with van der Waals surface area (Å²) in [7, 11) is 0. The number of nitrogens with zero attached hydrogens (tertiary/aromatic N) is 2. The fourth-order valence-corrected chi connectivity index (χ4v) is 3.90. The second-order valence-corrected chi connectivity index (χ2v) is 6.98. The van der Waals surface area contributed by atoms with Crippen LogP contribution in [0.15, 0.2) is 22.8 Å². The number of furan rings is 1. The minimum Gasteiger partial charge on any atom is -0.481 e. The summed E-state index contributed by atoms with van der Waals surface area (Å²) in [6, 6.07) is 2.78. The summed E-state index contributed by atoms with van der Waals surface area (Å²) >= 11 is 0. The number of hydrogen-bond donors (Lipinski definition) is 1. The first-order valence-electron chi connectivity index (χ1n) is 8.85. The molecule has 2 fully saturated rings. The highest BCUT2D eigenvalue weighted by molar-refractivity contribution is 5.95. The fourth-order valence-electron chi connectivity index (χ4n) is 3.90. The normalized spacial score (nSPS) is 27.2. The van der Waals surface area contributed by atoms with Crippen LogP contribution in [-0.2, 0) is 9.59 Å². The van der Waals surface area contributed by atoms with E-state index in [1.54, 1.807) is 21.9 Å². The van der Waals surface area contributed by atoms with E-state index in [0.717, 1.165) is 12.8 Å². The number of carboxylic acids is 1. The smallest absolute Gasteiger partial charge is 0.306 e. The Morgan fingerprint density at radius 2 is 2.00 bits per heavy atom. The number of carbonyl (C=O) groups excluding carboxylic acids is 2. The molecule has 7 heteroatoms. The number of amides is 2. The Balaban J connectivity index is 1.71. The molecule has 25 heavy (non-hydrogen) atoms. The Bertz CT molecular complexity index is 642. The fraction of sp³-hybridized carbons (Fsp3) is 0.611. The molecule has 136 valence electrons. The van der Waals surface area contributed by atoms with Gasteiger partial charge in [-0.1, -0.05) is 6.92 Å². The molecular weight excluding hydrogens is 324 g/mol. The van der Waals surface area contributed by atoms with Gasteiger partial charge in [0.1, 0.15) is 6.04 Å². The molecule has 3 rings (SSSR count). The molecule has 0 saturated carbocycles. The van der Waals surface area contributed by atoms with Crippen LogP contribution in [0.4, 0.5) is 0 Å². The van der Waals surface area contributed by atoms with Gasteiger partial charge in [0.2, 0.25) is 5.91 Å². The van der Waals surface area contributed by atoms with Crippen molar-refractivity contribution in [3.63, 3.8) is 0 Å². The van der Waals surface area contributed by atoms with Gasteiger partial charge in [-0.15, -0.1) is 0 Å². The predicted molar refractivity (Wildman–Crippen MR) is 88.9 cm³/mol. The lowest BCUT2D eigenvalue weighted by Crippen LogP contribution is -2.55. The van der Waals surface area contributed by atoms with Gasteiger partial charge in [-0.25, -0.2) is 0 Å². The van der Waals surface area contributed by atoms with Gasteiger partial charge in [0.05, 0.1) is 12.2 Å². The summed E-state index contributed by atoms with van der Waals surface area (Å²) in [4.78, 5) is 40.2. The van der Waals surface area contributed by atoms with Crippen molar-refractivity contribution < 1.29 is 23.9 Å². The SMILES string of the molecule is CC1CN(C(=O)C2CCCCN2C(=O)c2ccco2)CCC1C(=O)O. The van der Waals surface area contributed by atoms with Crippen LogP contribution in [-0.4, -0.2) is 58.4 Å². The molecule has 0 aliphatic carbocycles. The van der Waals surface area contributed by atoms with E-state index in [1.165, 1.54) is 6.26 Å². The van der Waals surface area contributed by atoms with Crippen molar-refractivity contribution >= 4 is 17.8 Å². The zero-order valence-electron chi connectivity index (χ0n) is 14.4. The van der Waals surface area contributed by atoms with E-state index < -0.39 is 17.9 Å². The molecule has 2 saturated heterocycles. The van der Waals surface area contributed by atoms with Crippen molar-refractivity contribution in [1.82, 2.24) is 9.80 Å². The number of hydrogen-bond acceptors (Lipinski definition) is 4. The highest BCUT2D eigenvalue weighted by atomic mass is 16.4. The second-order valence-electron chi connectivity index (χ2n) is 6.98. The van der Waals surface area contributed by atoms with Crippen LogP contribution in [0.3, 0.4) is 0 Å². The molecule has 2 aliphatic heterocycles. The van der Waals surface area contributed by atoms with E-state index >= 15 is 0 Å². The van der Waals surface area contributed by atoms with Crippen LogP contribution < -0.4 is 0 Å². The van der Waals surface area contributed by atoms with E-state index in [-0.39, 0.29) is 23.5 Å². The average Bonchev–Trinajstić information content (AvgIpc) is 3.14. The van der Waals surface area contributed by atoms with Crippen molar-refractivity contribution in [2.24, 2.45) is 11.8 Å². The van der Waals surface area contributed by atoms with Crippen LogP contribution in [0.2, 0.25) is 0 Å². The first-order valence-corrected chi connectivity index (χ1v) is 8.85. The largest absolute Gasteiger partial charge is 0.481 e. The first-order chi connectivity index (χ1) is 12.0. The van der Waals surface area contributed by atoms with Crippen LogP contribution >= 0.6 is 0 Å². The maximum absolute atomic E-state index is 13.0. The number of likely N-dealkylation sites (tertiary alicyclic amines) is 2. The topological polar surface area (TPSA) is 91.1 Å². The van der Waals surface area contributed by atoms with Crippen molar-refractivity contribution in [3.05, 3.63) is 24.2 Å². The van der Waals surface area contributed by atoms with Gasteiger partial charge < -0.3 is 19.3 Å². The number of carboxylic acid groups (broad SMARTS) is 1. The predicted octanol–water partition coefficient (Wildman–Crippen LogP) is 1.84. The minimum absolute atomic E-state index is 0.0738. The molecule has 2 aliphatic rings. The molecule has 3 unspecified atom stereocenters. The summed E-state index contributed by atoms with van der Waals surface area (Å²) in [6.07, 6.45) is 4.32. The van der Waals surface area contributed by atoms with Crippen molar-refractivity contribution in [3.8, 4) is 0 Å². The lowest BCUT2D eigenvalue weighted by Gasteiger charge is -2.41. The highest BCUT2D eigenvalue weighted by Crippen LogP contribution is 2.27. The van der Waals surface area contributed by atoms with Gasteiger partial charge in [-0.3, -0.25) is 14.4 Å². The molecule has 1 aromatic rings. The van der Waals surface area contributed by atoms with E-state index in [4.69, 9.17) is 4.42 Å². The minimum atomic E-state index is -0.799. The molecule has 1 aromatic heterocycles. The monoisotopic (exact) mass is 348 g/mol. The maximum atomic E-state index is 13.0. The number of aliphatic carboxylic acids is 1. The number of carbonyl (C=O) groups is 3. The Hall–Kier alpha value is -2.31. The molecule has 1 N–H and O–H groups in total. The Morgan fingerprint density at radius 1 is 1.20 bits per heavy atom. The van der Waals surface area contributed by atoms with E-state index in [2.05, 4.69) is 0 Å². The molecule has 3 atom stereocenters. The van der Waals surface area contributed by atoms with Gasteiger partial charge in [0, 0.05) is 19.6 Å². The Kier molecular flexibility index (Phi) is 5.11. The van der Waals surface area contributed by atoms with Crippen LogP contribution in [0.5, 0.6) is 0 Å². The maximum Gasteiger partial charge on any atom is 0.306 e. The standard InChI is InChI=1S/C18H24N2O5/c1-12-11-19(9-7-13(12)18(23)24)16(21)14-5-2-3-8-20(14)17(22)15-6-4-10-25-15/h4,6,10,12-14H,2-3,5,7-9,11H2,1H3,(H,23,24). The molecule has 7 nitrogen and oxygen atoms in total. The number of piperidine rings is 2. The van der Waals surface area contributed by atoms with E-state index in [0.29, 0.717) is 32.5 Å². The Morgan fingerprint density at radius 3 is 2.64 bits per heavy atom. The molecule has 3 heterocycles. The lowest BCUT2D eigenvalue weighted by molar-refractivity contribution is -0.150. The van der Waals surface area contributed by atoms with Crippen LogP contribution in [0.25, 0.3) is 0 Å². The third kappa shape index (κ3) is 3.55. The lowest BCUT2D eigenvalue weighted by atomic mass is 9.86. The van der Waals surface area contributed by atoms with Gasteiger partial charge in [0.25, 0.3) is 5.91 Å². The summed E-state index contributed by atoms with van der Waals surface area (Å²) in [5, 5.41) is 9.24. The molecule has 0 aromatic carbocycles. The van der Waals surface area contributed by atoms with Gasteiger partial charge in [0.15, 0.2) is 5.76 Å². The summed E-state index contributed by atoms with van der Waals surface area (Å²) < 4.78 is 5.20. The van der Waals surface area contributed by atoms with Crippen LogP contribution in [0, 0.1) is 11.8 Å². The van der Waals surface area contributed by atoms with Crippen molar-refractivity contribution in [2.45, 2.75) is 38.6 Å². The van der Waals surface area contributed by atoms with Crippen molar-refractivity contribution in [2.75, 3.05) is 19.6 Å². The second kappa shape index (κ2) is 7.29. The average molecular weight is 348 g/mol. The zero-order chi connectivity index (χ0) is 18.0. The van der Waals surface area contributed by atoms with Gasteiger partial charge in [-0.05, 0) is 43.7 Å². The quantitative estimate of drug-likeness (QED) is 0.900. The van der Waals surface area contributed by atoms with Crippen molar-refractivity contribution in [1.29, 1.82) is 0 Å². The van der Waals surface area contributed by atoms with Gasteiger partial charge >= 0.3 is 5.97 Å². The molecule has 0 spiro atoms. The molecular formula is C18H24N2O5. The molecule has 0 radical (unpaired) electrons.